The highest BCUT2D eigenvalue weighted by Gasteiger charge is 2.17. The first-order chi connectivity index (χ1) is 11.4. The van der Waals surface area contributed by atoms with Gasteiger partial charge in [-0.25, -0.2) is 9.37 Å². The van der Waals surface area contributed by atoms with E-state index in [4.69, 9.17) is 5.26 Å². The van der Waals surface area contributed by atoms with Crippen molar-refractivity contribution < 1.29 is 9.18 Å². The molecule has 0 radical (unpaired) electrons. The molecule has 0 spiro atoms. The minimum absolute atomic E-state index is 0.154. The third-order valence-electron chi connectivity index (χ3n) is 3.12. The second-order valence-corrected chi connectivity index (χ2v) is 7.89. The van der Waals surface area contributed by atoms with Crippen molar-refractivity contribution in [3.8, 4) is 16.8 Å². The van der Waals surface area contributed by atoms with Gasteiger partial charge in [0.1, 0.15) is 15.8 Å². The van der Waals surface area contributed by atoms with E-state index in [9.17, 15) is 9.18 Å². The van der Waals surface area contributed by atoms with Gasteiger partial charge in [-0.15, -0.1) is 0 Å². The van der Waals surface area contributed by atoms with Crippen LogP contribution in [0.2, 0.25) is 0 Å². The lowest BCUT2D eigenvalue weighted by atomic mass is 10.2. The molecule has 0 aliphatic carbocycles. The van der Waals surface area contributed by atoms with Gasteiger partial charge in [-0.05, 0) is 19.2 Å². The molecule has 0 aromatic carbocycles. The first-order valence-corrected chi connectivity index (χ1v) is 9.60. The number of thiazole rings is 1. The summed E-state index contributed by atoms with van der Waals surface area (Å²) in [6, 6.07) is 1.35. The van der Waals surface area contributed by atoms with Crippen LogP contribution in [0, 0.1) is 30.1 Å². The number of hydrogen-bond donors (Lipinski definition) is 1. The predicted molar refractivity (Wildman–Crippen MR) is 94.0 cm³/mol. The monoisotopic (exact) mass is 365 g/mol. The number of nitrogens with one attached hydrogen (secondary N) is 1. The number of rotatable bonds is 5. The average Bonchev–Trinajstić information content (AvgIpc) is 2.88. The standard InChI is InChI=1S/C15H16FN5OS2/c1-9(7-24(3)19-8-17)13(22)21-14-10(2)20-15(23-14)11-4-12(16)6-18-5-11/h4-6,9H,7H2,1-3H3,(H,21,22). The highest BCUT2D eigenvalue weighted by molar-refractivity contribution is 7.86. The molecule has 2 aromatic heterocycles. The number of carbonyl (C=O) groups is 1. The van der Waals surface area contributed by atoms with E-state index in [1.165, 1.54) is 23.6 Å². The first kappa shape index (κ1) is 18.2. The van der Waals surface area contributed by atoms with Crippen molar-refractivity contribution in [2.24, 2.45) is 10.3 Å². The summed E-state index contributed by atoms with van der Waals surface area (Å²) in [5, 5.41) is 12.6. The Bertz CT molecular complexity index is 828. The highest BCUT2D eigenvalue weighted by atomic mass is 32.2. The molecule has 0 saturated heterocycles. The summed E-state index contributed by atoms with van der Waals surface area (Å²) in [5.41, 5.74) is 1.23. The lowest BCUT2D eigenvalue weighted by Crippen LogP contribution is -2.24. The van der Waals surface area contributed by atoms with Crippen molar-refractivity contribution in [2.45, 2.75) is 13.8 Å². The molecule has 6 nitrogen and oxygen atoms in total. The number of amides is 1. The van der Waals surface area contributed by atoms with Gasteiger partial charge in [0.25, 0.3) is 0 Å². The third kappa shape index (κ3) is 4.66. The van der Waals surface area contributed by atoms with E-state index in [0.29, 0.717) is 27.0 Å². The van der Waals surface area contributed by atoms with Gasteiger partial charge in [-0.3, -0.25) is 9.78 Å². The molecule has 1 amide bonds. The SMILES string of the molecule is Cc1nc(-c2cncc(F)c2)sc1NC(=O)C(C)CS(C)=NC#N. The van der Waals surface area contributed by atoms with Gasteiger partial charge >= 0.3 is 0 Å². The third-order valence-corrected chi connectivity index (χ3v) is 5.62. The van der Waals surface area contributed by atoms with Gasteiger partial charge < -0.3 is 5.32 Å². The minimum atomic E-state index is -0.470. The molecule has 1 N–H and O–H groups in total. The summed E-state index contributed by atoms with van der Waals surface area (Å²) in [7, 11) is -0.470. The maximum atomic E-state index is 13.3. The summed E-state index contributed by atoms with van der Waals surface area (Å²) in [6.07, 6.45) is 6.23. The van der Waals surface area contributed by atoms with E-state index < -0.39 is 16.5 Å². The van der Waals surface area contributed by atoms with Crippen LogP contribution in [0.25, 0.3) is 10.6 Å². The molecule has 9 heteroatoms. The van der Waals surface area contributed by atoms with Crippen LogP contribution in [-0.4, -0.2) is 27.9 Å². The molecular weight excluding hydrogens is 349 g/mol. The number of nitriles is 1. The quantitative estimate of drug-likeness (QED) is 0.824. The van der Waals surface area contributed by atoms with Gasteiger partial charge in [0.15, 0.2) is 0 Å². The molecule has 2 atom stereocenters. The Balaban J connectivity index is 2.12. The fourth-order valence-electron chi connectivity index (χ4n) is 1.94. The number of hydrogen-bond acceptors (Lipinski definition) is 6. The van der Waals surface area contributed by atoms with Crippen LogP contribution in [0.4, 0.5) is 9.39 Å². The molecule has 0 fully saturated rings. The summed E-state index contributed by atoms with van der Waals surface area (Å²) in [5.74, 6) is -0.358. The van der Waals surface area contributed by atoms with Crippen LogP contribution in [0.15, 0.2) is 22.8 Å². The van der Waals surface area contributed by atoms with Gasteiger partial charge in [0.05, 0.1) is 11.9 Å². The van der Waals surface area contributed by atoms with E-state index in [-0.39, 0.29) is 11.8 Å². The van der Waals surface area contributed by atoms with Gasteiger partial charge in [0.2, 0.25) is 12.1 Å². The van der Waals surface area contributed by atoms with Crippen LogP contribution >= 0.6 is 11.3 Å². The van der Waals surface area contributed by atoms with Crippen molar-refractivity contribution >= 4 is 32.9 Å². The summed E-state index contributed by atoms with van der Waals surface area (Å²) < 4.78 is 17.0. The second kappa shape index (κ2) is 8.08. The number of anilines is 1. The number of halogens is 1. The fraction of sp³-hybridized carbons (Fsp3) is 0.333. The smallest absolute Gasteiger partial charge is 0.228 e. The zero-order chi connectivity index (χ0) is 17.7. The molecule has 126 valence electrons. The first-order valence-electron chi connectivity index (χ1n) is 7.02. The number of nitrogens with zero attached hydrogens (tertiary/aromatic N) is 4. The van der Waals surface area contributed by atoms with E-state index in [0.717, 1.165) is 6.20 Å². The van der Waals surface area contributed by atoms with Crippen molar-refractivity contribution in [2.75, 3.05) is 17.3 Å². The Morgan fingerprint density at radius 2 is 2.33 bits per heavy atom. The molecule has 2 unspecified atom stereocenters. The van der Waals surface area contributed by atoms with Crippen LogP contribution in [0.5, 0.6) is 0 Å². The molecule has 24 heavy (non-hydrogen) atoms. The van der Waals surface area contributed by atoms with E-state index >= 15 is 0 Å². The van der Waals surface area contributed by atoms with E-state index in [1.807, 2.05) is 6.26 Å². The van der Waals surface area contributed by atoms with E-state index in [2.05, 4.69) is 19.6 Å². The number of carbonyl (C=O) groups excluding carboxylic acids is 1. The molecule has 0 aliphatic heterocycles. The Hall–Kier alpha value is -2.18. The topological polar surface area (TPSA) is 91.0 Å². The Morgan fingerprint density at radius 3 is 3.00 bits per heavy atom. The predicted octanol–water partition coefficient (Wildman–Crippen LogP) is 3.14. The molecule has 2 aromatic rings. The average molecular weight is 365 g/mol. The van der Waals surface area contributed by atoms with Crippen LogP contribution in [0.1, 0.15) is 12.6 Å². The maximum Gasteiger partial charge on any atom is 0.228 e. The summed E-state index contributed by atoms with van der Waals surface area (Å²) >= 11 is 1.27. The van der Waals surface area contributed by atoms with Crippen LogP contribution < -0.4 is 5.32 Å². The maximum absolute atomic E-state index is 13.3. The lowest BCUT2D eigenvalue weighted by Gasteiger charge is -2.10. The number of aromatic nitrogens is 2. The lowest BCUT2D eigenvalue weighted by molar-refractivity contribution is -0.118. The number of pyridine rings is 1. The molecule has 0 bridgehead atoms. The Morgan fingerprint density at radius 1 is 1.58 bits per heavy atom. The summed E-state index contributed by atoms with van der Waals surface area (Å²) in [4.78, 5) is 20.4. The van der Waals surface area contributed by atoms with Crippen LogP contribution in [-0.2, 0) is 15.5 Å². The van der Waals surface area contributed by atoms with E-state index in [1.54, 1.807) is 20.0 Å². The van der Waals surface area contributed by atoms with Gasteiger partial charge in [0, 0.05) is 23.4 Å². The van der Waals surface area contributed by atoms with Crippen LogP contribution in [0.3, 0.4) is 0 Å². The van der Waals surface area contributed by atoms with Crippen molar-refractivity contribution in [1.29, 1.82) is 5.26 Å². The normalized spacial score (nSPS) is 13.3. The Labute approximate surface area is 145 Å². The van der Waals surface area contributed by atoms with Gasteiger partial charge in [-0.2, -0.15) is 9.62 Å². The zero-order valence-electron chi connectivity index (χ0n) is 13.4. The molecular formula is C15H16FN5OS2. The highest BCUT2D eigenvalue weighted by Crippen LogP contribution is 2.31. The molecule has 0 aliphatic rings. The largest absolute Gasteiger partial charge is 0.316 e. The molecule has 2 heterocycles. The summed E-state index contributed by atoms with van der Waals surface area (Å²) in [6.45, 7) is 3.57. The fourth-order valence-corrected chi connectivity index (χ4v) is 3.98. The van der Waals surface area contributed by atoms with Gasteiger partial charge in [-0.1, -0.05) is 29.0 Å². The molecule has 0 saturated carbocycles. The number of aryl methyl sites for hydroxylation is 1. The van der Waals surface area contributed by atoms with Crippen molar-refractivity contribution in [3.05, 3.63) is 30.0 Å². The second-order valence-electron chi connectivity index (χ2n) is 5.17. The van der Waals surface area contributed by atoms with Crippen molar-refractivity contribution in [3.63, 3.8) is 0 Å². The minimum Gasteiger partial charge on any atom is -0.316 e. The van der Waals surface area contributed by atoms with Crippen molar-refractivity contribution in [1.82, 2.24) is 9.97 Å². The zero-order valence-corrected chi connectivity index (χ0v) is 15.0. The molecule has 2 rings (SSSR count). The Kier molecular flexibility index (Phi) is 6.11.